The average Bonchev–Trinajstić information content (AvgIpc) is 3.06. The molecular formula is C20H19N3O. The summed E-state index contributed by atoms with van der Waals surface area (Å²) in [6, 6.07) is 10.1. The standard InChI is InChI=1S/C20H19N3O/c1-24-18-8-2-7-17-19(18)16(13-23-17)11-14-5-4-10-22-20(14)15-6-3-9-21-12-15/h2-3,6-9,11-13,23H,4-5,10H2,1H3. The second kappa shape index (κ2) is 6.32. The zero-order chi connectivity index (χ0) is 16.4. The highest BCUT2D eigenvalue weighted by Crippen LogP contribution is 2.31. The molecule has 4 nitrogen and oxygen atoms in total. The van der Waals surface area contributed by atoms with Crippen LogP contribution in [0.3, 0.4) is 0 Å². The molecule has 0 fully saturated rings. The topological polar surface area (TPSA) is 50.3 Å². The number of hydrogen-bond donors (Lipinski definition) is 1. The lowest BCUT2D eigenvalue weighted by atomic mass is 9.94. The van der Waals surface area contributed by atoms with Crippen molar-refractivity contribution in [1.82, 2.24) is 9.97 Å². The summed E-state index contributed by atoms with van der Waals surface area (Å²) in [6.07, 6.45) is 10.0. The number of pyridine rings is 1. The first kappa shape index (κ1) is 14.7. The van der Waals surface area contributed by atoms with E-state index in [2.05, 4.69) is 28.2 Å². The fourth-order valence-electron chi connectivity index (χ4n) is 3.25. The van der Waals surface area contributed by atoms with E-state index in [0.29, 0.717) is 0 Å². The molecule has 120 valence electrons. The number of nitrogens with one attached hydrogen (secondary N) is 1. The Morgan fingerprint density at radius 3 is 3.00 bits per heavy atom. The van der Waals surface area contributed by atoms with Crippen LogP contribution in [0.15, 0.2) is 59.5 Å². The van der Waals surface area contributed by atoms with Crippen LogP contribution in [0, 0.1) is 0 Å². The van der Waals surface area contributed by atoms with Gasteiger partial charge in [-0.1, -0.05) is 6.07 Å². The maximum atomic E-state index is 5.54. The molecule has 0 atom stereocenters. The molecule has 0 saturated heterocycles. The fourth-order valence-corrected chi connectivity index (χ4v) is 3.25. The maximum absolute atomic E-state index is 5.54. The smallest absolute Gasteiger partial charge is 0.128 e. The molecule has 1 aliphatic heterocycles. The molecule has 0 bridgehead atoms. The lowest BCUT2D eigenvalue weighted by Crippen LogP contribution is -2.11. The van der Waals surface area contributed by atoms with Crippen LogP contribution in [-0.2, 0) is 0 Å². The highest BCUT2D eigenvalue weighted by molar-refractivity contribution is 6.16. The van der Waals surface area contributed by atoms with Gasteiger partial charge in [0.25, 0.3) is 0 Å². The number of fused-ring (bicyclic) bond motifs is 1. The number of aromatic amines is 1. The van der Waals surface area contributed by atoms with Gasteiger partial charge in [0.05, 0.1) is 12.8 Å². The summed E-state index contributed by atoms with van der Waals surface area (Å²) < 4.78 is 5.54. The molecule has 1 N–H and O–H groups in total. The molecule has 1 aromatic carbocycles. The number of rotatable bonds is 3. The van der Waals surface area contributed by atoms with Crippen LogP contribution in [0.25, 0.3) is 17.0 Å². The van der Waals surface area contributed by atoms with Crippen LogP contribution in [-0.4, -0.2) is 29.3 Å². The summed E-state index contributed by atoms with van der Waals surface area (Å²) in [7, 11) is 1.71. The first-order valence-corrected chi connectivity index (χ1v) is 8.16. The number of aliphatic imine (C=N–C) groups is 1. The van der Waals surface area contributed by atoms with E-state index < -0.39 is 0 Å². The van der Waals surface area contributed by atoms with Crippen LogP contribution in [0.4, 0.5) is 0 Å². The van der Waals surface area contributed by atoms with Gasteiger partial charge in [-0.2, -0.15) is 0 Å². The van der Waals surface area contributed by atoms with Gasteiger partial charge in [-0.15, -0.1) is 0 Å². The van der Waals surface area contributed by atoms with Crippen molar-refractivity contribution in [2.75, 3.05) is 13.7 Å². The van der Waals surface area contributed by atoms with Crippen molar-refractivity contribution in [3.63, 3.8) is 0 Å². The Labute approximate surface area is 140 Å². The summed E-state index contributed by atoms with van der Waals surface area (Å²) in [5.41, 5.74) is 5.60. The summed E-state index contributed by atoms with van der Waals surface area (Å²) in [4.78, 5) is 12.3. The zero-order valence-electron chi connectivity index (χ0n) is 13.6. The molecular weight excluding hydrogens is 298 g/mol. The normalized spacial score (nSPS) is 16.4. The second-order valence-electron chi connectivity index (χ2n) is 5.87. The minimum atomic E-state index is 0.874. The molecule has 0 radical (unpaired) electrons. The van der Waals surface area contributed by atoms with Crippen molar-refractivity contribution < 1.29 is 4.74 Å². The predicted molar refractivity (Wildman–Crippen MR) is 97.7 cm³/mol. The third kappa shape index (κ3) is 2.60. The first-order valence-electron chi connectivity index (χ1n) is 8.16. The van der Waals surface area contributed by atoms with Crippen molar-refractivity contribution >= 4 is 22.7 Å². The molecule has 0 spiro atoms. The van der Waals surface area contributed by atoms with Gasteiger partial charge in [-0.05, 0) is 48.8 Å². The van der Waals surface area contributed by atoms with E-state index >= 15 is 0 Å². The van der Waals surface area contributed by atoms with Gasteiger partial charge in [0.1, 0.15) is 5.75 Å². The Morgan fingerprint density at radius 1 is 1.21 bits per heavy atom. The van der Waals surface area contributed by atoms with Gasteiger partial charge < -0.3 is 9.72 Å². The Kier molecular flexibility index (Phi) is 3.87. The number of aromatic nitrogens is 2. The van der Waals surface area contributed by atoms with Gasteiger partial charge in [-0.3, -0.25) is 9.98 Å². The molecule has 1 aliphatic rings. The highest BCUT2D eigenvalue weighted by atomic mass is 16.5. The van der Waals surface area contributed by atoms with Crippen molar-refractivity contribution in [3.8, 4) is 5.75 Å². The van der Waals surface area contributed by atoms with Crippen molar-refractivity contribution in [1.29, 1.82) is 0 Å². The number of nitrogens with zero attached hydrogens (tertiary/aromatic N) is 2. The number of ether oxygens (including phenoxy) is 1. The Hall–Kier alpha value is -2.88. The van der Waals surface area contributed by atoms with Gasteiger partial charge in [0.15, 0.2) is 0 Å². The SMILES string of the molecule is COc1cccc2[nH]cc(C=C3CCCN=C3c3cccnc3)c12. The number of benzene rings is 1. The molecule has 2 aromatic heterocycles. The lowest BCUT2D eigenvalue weighted by molar-refractivity contribution is 0.420. The molecule has 0 amide bonds. The second-order valence-corrected chi connectivity index (χ2v) is 5.87. The molecule has 4 rings (SSSR count). The lowest BCUT2D eigenvalue weighted by Gasteiger charge is -2.16. The number of allylic oxidation sites excluding steroid dienone is 1. The first-order chi connectivity index (χ1) is 11.9. The van der Waals surface area contributed by atoms with Gasteiger partial charge in [0.2, 0.25) is 0 Å². The average molecular weight is 317 g/mol. The van der Waals surface area contributed by atoms with E-state index in [4.69, 9.17) is 9.73 Å². The molecule has 0 saturated carbocycles. The minimum absolute atomic E-state index is 0.874. The summed E-state index contributed by atoms with van der Waals surface area (Å²) in [6.45, 7) is 0.874. The molecule has 0 aliphatic carbocycles. The van der Waals surface area contributed by atoms with Crippen molar-refractivity contribution in [2.45, 2.75) is 12.8 Å². The number of H-pyrrole nitrogens is 1. The van der Waals surface area contributed by atoms with Crippen LogP contribution in [0.5, 0.6) is 5.75 Å². The van der Waals surface area contributed by atoms with E-state index in [1.807, 2.05) is 30.6 Å². The minimum Gasteiger partial charge on any atom is -0.496 e. The Bertz CT molecular complexity index is 922. The van der Waals surface area contributed by atoms with E-state index in [9.17, 15) is 0 Å². The maximum Gasteiger partial charge on any atom is 0.128 e. The van der Waals surface area contributed by atoms with Gasteiger partial charge in [-0.25, -0.2) is 0 Å². The third-order valence-corrected chi connectivity index (χ3v) is 4.36. The molecule has 0 unspecified atom stereocenters. The van der Waals surface area contributed by atoms with E-state index in [1.54, 1.807) is 13.3 Å². The molecule has 24 heavy (non-hydrogen) atoms. The van der Waals surface area contributed by atoms with Crippen LogP contribution >= 0.6 is 0 Å². The molecule has 3 aromatic rings. The largest absolute Gasteiger partial charge is 0.496 e. The van der Waals surface area contributed by atoms with E-state index in [1.165, 1.54) is 5.57 Å². The van der Waals surface area contributed by atoms with Crippen LogP contribution in [0.1, 0.15) is 24.0 Å². The number of methoxy groups -OCH3 is 1. The highest BCUT2D eigenvalue weighted by Gasteiger charge is 2.16. The van der Waals surface area contributed by atoms with Crippen LogP contribution < -0.4 is 4.74 Å². The van der Waals surface area contributed by atoms with E-state index in [0.717, 1.165) is 52.9 Å². The Balaban J connectivity index is 1.83. The fraction of sp³-hybridized carbons (Fsp3) is 0.200. The van der Waals surface area contributed by atoms with Crippen LogP contribution in [0.2, 0.25) is 0 Å². The zero-order valence-corrected chi connectivity index (χ0v) is 13.6. The Morgan fingerprint density at radius 2 is 2.17 bits per heavy atom. The van der Waals surface area contributed by atoms with Gasteiger partial charge in [0, 0.05) is 47.2 Å². The third-order valence-electron chi connectivity index (χ3n) is 4.36. The predicted octanol–water partition coefficient (Wildman–Crippen LogP) is 4.24. The van der Waals surface area contributed by atoms with Crippen molar-refractivity contribution in [3.05, 3.63) is 65.6 Å². The van der Waals surface area contributed by atoms with E-state index in [-0.39, 0.29) is 0 Å². The molecule has 3 heterocycles. The summed E-state index contributed by atoms with van der Waals surface area (Å²) in [5, 5.41) is 1.11. The quantitative estimate of drug-likeness (QED) is 0.785. The monoisotopic (exact) mass is 317 g/mol. The number of hydrogen-bond acceptors (Lipinski definition) is 3. The molecule has 4 heteroatoms. The summed E-state index contributed by atoms with van der Waals surface area (Å²) in [5.74, 6) is 0.885. The van der Waals surface area contributed by atoms with Gasteiger partial charge >= 0.3 is 0 Å². The summed E-state index contributed by atoms with van der Waals surface area (Å²) >= 11 is 0. The van der Waals surface area contributed by atoms with Crippen molar-refractivity contribution in [2.24, 2.45) is 4.99 Å².